The Bertz CT molecular complexity index is 2240. The zero-order chi connectivity index (χ0) is 53.1. The maximum atomic E-state index is 12.0. The van der Waals surface area contributed by atoms with E-state index in [4.69, 9.17) is 37.9 Å². The lowest BCUT2D eigenvalue weighted by molar-refractivity contribution is -0.140. The van der Waals surface area contributed by atoms with Crippen LogP contribution >= 0.6 is 0 Å². The zero-order valence-corrected chi connectivity index (χ0v) is 38.7. The van der Waals surface area contributed by atoms with Crippen LogP contribution in [0.5, 0.6) is 46.0 Å². The number of carboxylic acid groups (broad SMARTS) is 8. The molecule has 0 aliphatic heterocycles. The molecule has 8 bridgehead atoms. The summed E-state index contributed by atoms with van der Waals surface area (Å²) in [6, 6.07) is 10.7. The van der Waals surface area contributed by atoms with Crippen LogP contribution in [0.1, 0.15) is 95.9 Å². The molecule has 5 rings (SSSR count). The highest BCUT2D eigenvalue weighted by molar-refractivity contribution is 5.73. The summed E-state index contributed by atoms with van der Waals surface area (Å²) in [5.74, 6) is -17.2. The molecule has 1 aliphatic rings. The fourth-order valence-corrected chi connectivity index (χ4v) is 7.88. The lowest BCUT2D eigenvalue weighted by atomic mass is 9.80. The van der Waals surface area contributed by atoms with Gasteiger partial charge in [0.05, 0.1) is 0 Å². The Morgan fingerprint density at radius 1 is 0.264 bits per heavy atom. The summed E-state index contributed by atoms with van der Waals surface area (Å²) in [5, 5.41) is 77.9. The molecule has 4 aromatic rings. The van der Waals surface area contributed by atoms with Crippen LogP contribution in [0.25, 0.3) is 0 Å². The van der Waals surface area contributed by atoms with Crippen molar-refractivity contribution in [2.24, 2.45) is 0 Å². The van der Waals surface area contributed by atoms with Crippen molar-refractivity contribution in [3.63, 3.8) is 0 Å². The van der Waals surface area contributed by atoms with Gasteiger partial charge in [-0.15, -0.1) is 0 Å². The number of hydrogen-bond acceptors (Lipinski definition) is 16. The topological polar surface area (TPSA) is 372 Å². The van der Waals surface area contributed by atoms with E-state index in [1.165, 1.54) is 48.5 Å². The van der Waals surface area contributed by atoms with E-state index in [1.54, 1.807) is 27.7 Å². The van der Waals surface area contributed by atoms with Gasteiger partial charge in [0, 0.05) is 92.4 Å². The van der Waals surface area contributed by atoms with Crippen LogP contribution in [0.2, 0.25) is 0 Å². The average molecular weight is 1010 g/mol. The second-order valence-electron chi connectivity index (χ2n) is 16.1. The van der Waals surface area contributed by atoms with E-state index in [0.29, 0.717) is 0 Å². The van der Waals surface area contributed by atoms with Crippen LogP contribution in [-0.2, 0) is 38.4 Å². The number of fused-ring (bicyclic) bond motifs is 8. The molecule has 0 radical (unpaired) electrons. The predicted molar refractivity (Wildman–Crippen MR) is 241 cm³/mol. The van der Waals surface area contributed by atoms with Crippen molar-refractivity contribution in [3.05, 3.63) is 93.0 Å². The second kappa shape index (κ2) is 23.6. The Hall–Kier alpha value is -8.96. The maximum Gasteiger partial charge on any atom is 0.341 e. The highest BCUT2D eigenvalue weighted by Crippen LogP contribution is 2.51. The third-order valence-electron chi connectivity index (χ3n) is 11.1. The third kappa shape index (κ3) is 13.6. The summed E-state index contributed by atoms with van der Waals surface area (Å²) >= 11 is 0. The fraction of sp³-hybridized carbons (Fsp3) is 0.333. The maximum absolute atomic E-state index is 12.0. The number of ether oxygens (including phenoxy) is 8. The summed E-state index contributed by atoms with van der Waals surface area (Å²) < 4.78 is 46.3. The first kappa shape index (κ1) is 54.0. The first-order valence-corrected chi connectivity index (χ1v) is 21.4. The van der Waals surface area contributed by atoms with Gasteiger partial charge in [-0.05, 0) is 24.3 Å². The van der Waals surface area contributed by atoms with Crippen molar-refractivity contribution in [2.45, 2.75) is 51.4 Å². The van der Waals surface area contributed by atoms with Crippen LogP contribution in [0, 0.1) is 0 Å². The van der Waals surface area contributed by atoms with Gasteiger partial charge in [0.1, 0.15) is 46.0 Å². The zero-order valence-electron chi connectivity index (χ0n) is 38.7. The van der Waals surface area contributed by atoms with Crippen molar-refractivity contribution in [1.82, 2.24) is 0 Å². The molecule has 72 heavy (non-hydrogen) atoms. The molecule has 24 heteroatoms. The van der Waals surface area contributed by atoms with Gasteiger partial charge in [-0.25, -0.2) is 38.4 Å². The number of carbonyl (C=O) groups is 8. The minimum atomic E-state index is -1.43. The quantitative estimate of drug-likeness (QED) is 0.0484. The molecule has 384 valence electrons. The number of aliphatic carboxylic acids is 8. The van der Waals surface area contributed by atoms with Crippen LogP contribution in [0.4, 0.5) is 0 Å². The molecule has 0 amide bonds. The molecule has 0 aromatic heterocycles. The Morgan fingerprint density at radius 2 is 0.375 bits per heavy atom. The molecule has 8 N–H and O–H groups in total. The molecule has 0 saturated heterocycles. The molecule has 24 nitrogen and oxygen atoms in total. The largest absolute Gasteiger partial charge is 0.481 e. The van der Waals surface area contributed by atoms with Gasteiger partial charge < -0.3 is 78.7 Å². The van der Waals surface area contributed by atoms with Crippen molar-refractivity contribution in [3.8, 4) is 46.0 Å². The minimum Gasteiger partial charge on any atom is -0.481 e. The fourth-order valence-electron chi connectivity index (χ4n) is 7.88. The van der Waals surface area contributed by atoms with E-state index in [1.807, 2.05) is 0 Å². The molecule has 0 unspecified atom stereocenters. The summed E-state index contributed by atoms with van der Waals surface area (Å²) in [7, 11) is 0. The second-order valence-corrected chi connectivity index (χ2v) is 16.1. The molecule has 0 spiro atoms. The van der Waals surface area contributed by atoms with E-state index in [-0.39, 0.29) is 90.5 Å². The smallest absolute Gasteiger partial charge is 0.341 e. The van der Waals surface area contributed by atoms with E-state index in [2.05, 4.69) is 0 Å². The first-order valence-electron chi connectivity index (χ1n) is 21.4. The first-order chi connectivity index (χ1) is 33.9. The van der Waals surface area contributed by atoms with Gasteiger partial charge in [0.2, 0.25) is 0 Å². The monoisotopic (exact) mass is 1010 g/mol. The molecule has 1 aliphatic carbocycles. The standard InChI is InChI=1S/C48H48O24/c1-21-25-5-27(35(67-15-43(53)54)9-33(25)65-13-41(49)50)22(2)29-7-31(39(71-19-47(61)62)11-37(29)69-17-45(57)58)24(4)32-8-30(38(70-18-46(59)60)12-40(32)72-20-48(63)64)23(3)28-6-26(21)34(66-14-42(51)52)10-36(28)68-16-44(55)56/h5-12,21-24H,13-20H2,1-4H3,(H,49,50)(H,51,52)(H,53,54)(H,55,56)(H,57,58)(H,59,60)(H,61,62)(H,63,64). The third-order valence-corrected chi connectivity index (χ3v) is 11.1. The SMILES string of the molecule is CC1c2cc(c(OCC(=O)O)cc2OCC(=O)O)C(C)c2cc(c(OCC(=O)O)cc2OCC(=O)O)C(C)c2cc(c(OCC(=O)O)cc2OCC(=O)O)C(C)c2cc1c(OCC(=O)O)cc2OCC(=O)O. The molecular weight excluding hydrogens is 961 g/mol. The number of carboxylic acids is 8. The predicted octanol–water partition coefficient (Wildman–Crippen LogP) is 4.31. The Kier molecular flexibility index (Phi) is 17.7. The van der Waals surface area contributed by atoms with Crippen molar-refractivity contribution >= 4 is 47.8 Å². The van der Waals surface area contributed by atoms with E-state index < -0.39 is 124 Å². The summed E-state index contributed by atoms with van der Waals surface area (Å²) in [6.45, 7) is -1.24. The Labute approximate surface area is 407 Å². The van der Waals surface area contributed by atoms with Crippen LogP contribution in [0.3, 0.4) is 0 Å². The highest BCUT2D eigenvalue weighted by atomic mass is 16.5. The summed E-state index contributed by atoms with van der Waals surface area (Å²) in [5.41, 5.74) is 1.12. The summed E-state index contributed by atoms with van der Waals surface area (Å²) in [4.78, 5) is 95.7. The van der Waals surface area contributed by atoms with Crippen LogP contribution < -0.4 is 37.9 Å². The number of hydrogen-bond donors (Lipinski definition) is 8. The van der Waals surface area contributed by atoms with Crippen LogP contribution in [-0.4, -0.2) is 141 Å². The van der Waals surface area contributed by atoms with Gasteiger partial charge in [-0.1, -0.05) is 27.7 Å². The van der Waals surface area contributed by atoms with E-state index in [0.717, 1.165) is 0 Å². The average Bonchev–Trinajstić information content (AvgIpc) is 3.31. The normalized spacial score (nSPS) is 15.7. The van der Waals surface area contributed by atoms with Gasteiger partial charge in [0.25, 0.3) is 0 Å². The van der Waals surface area contributed by atoms with Crippen molar-refractivity contribution < 1.29 is 117 Å². The number of benzene rings is 4. The molecular formula is C48H48O24. The lowest BCUT2D eigenvalue weighted by Gasteiger charge is -2.29. The van der Waals surface area contributed by atoms with E-state index >= 15 is 0 Å². The van der Waals surface area contributed by atoms with Gasteiger partial charge in [-0.3, -0.25) is 0 Å². The molecule has 0 atom stereocenters. The Morgan fingerprint density at radius 3 is 0.472 bits per heavy atom. The molecule has 4 aromatic carbocycles. The lowest BCUT2D eigenvalue weighted by Crippen LogP contribution is -2.18. The molecule has 0 heterocycles. The van der Waals surface area contributed by atoms with E-state index in [9.17, 15) is 79.2 Å². The van der Waals surface area contributed by atoms with Crippen molar-refractivity contribution in [2.75, 3.05) is 52.9 Å². The minimum absolute atomic E-state index is 0.140. The van der Waals surface area contributed by atoms with Gasteiger partial charge in [0.15, 0.2) is 52.9 Å². The highest BCUT2D eigenvalue weighted by Gasteiger charge is 2.33. The van der Waals surface area contributed by atoms with Crippen LogP contribution in [0.15, 0.2) is 48.5 Å². The van der Waals surface area contributed by atoms with Crippen molar-refractivity contribution in [1.29, 1.82) is 0 Å². The molecule has 0 saturated carbocycles. The Balaban J connectivity index is 2.06. The molecule has 0 fully saturated rings. The van der Waals surface area contributed by atoms with Gasteiger partial charge in [-0.2, -0.15) is 0 Å². The van der Waals surface area contributed by atoms with Gasteiger partial charge >= 0.3 is 47.8 Å². The summed E-state index contributed by atoms with van der Waals surface area (Å²) in [6.07, 6.45) is 0. The number of rotatable bonds is 24.